The predicted molar refractivity (Wildman–Crippen MR) is 59.7 cm³/mol. The van der Waals surface area contributed by atoms with Crippen LogP contribution in [0.3, 0.4) is 0 Å². The maximum absolute atomic E-state index is 4.51. The van der Waals surface area contributed by atoms with E-state index in [1.165, 1.54) is 36.1 Å². The second-order valence-electron chi connectivity index (χ2n) is 4.53. The summed E-state index contributed by atoms with van der Waals surface area (Å²) in [6, 6.07) is 2.38. The van der Waals surface area contributed by atoms with Gasteiger partial charge in [0.1, 0.15) is 0 Å². The summed E-state index contributed by atoms with van der Waals surface area (Å²) < 4.78 is 0. The van der Waals surface area contributed by atoms with Gasteiger partial charge in [0.05, 0.1) is 0 Å². The SMILES string of the molecule is CCC(C)c1cnc(C)c(C2CC2)c1. The summed E-state index contributed by atoms with van der Waals surface area (Å²) in [5.41, 5.74) is 4.15. The van der Waals surface area contributed by atoms with Gasteiger partial charge in [-0.3, -0.25) is 4.98 Å². The van der Waals surface area contributed by atoms with Crippen molar-refractivity contribution in [2.45, 2.75) is 51.9 Å². The summed E-state index contributed by atoms with van der Waals surface area (Å²) in [6.45, 7) is 6.65. The minimum atomic E-state index is 0.653. The van der Waals surface area contributed by atoms with Crippen molar-refractivity contribution in [1.29, 1.82) is 0 Å². The molecule has 76 valence electrons. The lowest BCUT2D eigenvalue weighted by Gasteiger charge is -2.11. The lowest BCUT2D eigenvalue weighted by molar-refractivity contribution is 0.726. The van der Waals surface area contributed by atoms with Crippen molar-refractivity contribution in [3.8, 4) is 0 Å². The molecule has 1 aromatic heterocycles. The lowest BCUT2D eigenvalue weighted by atomic mass is 9.97. The maximum atomic E-state index is 4.51. The molecule has 1 aliphatic rings. The normalized spacial score (nSPS) is 18.2. The highest BCUT2D eigenvalue weighted by atomic mass is 14.7. The molecule has 0 aliphatic heterocycles. The Morgan fingerprint density at radius 2 is 2.21 bits per heavy atom. The van der Waals surface area contributed by atoms with Crippen molar-refractivity contribution in [2.24, 2.45) is 0 Å². The Morgan fingerprint density at radius 3 is 2.79 bits per heavy atom. The van der Waals surface area contributed by atoms with Crippen LogP contribution in [-0.2, 0) is 0 Å². The highest BCUT2D eigenvalue weighted by Crippen LogP contribution is 2.41. The fourth-order valence-electron chi connectivity index (χ4n) is 1.88. The highest BCUT2D eigenvalue weighted by molar-refractivity contribution is 5.32. The molecule has 1 unspecified atom stereocenters. The van der Waals surface area contributed by atoms with Crippen LogP contribution in [0, 0.1) is 6.92 Å². The van der Waals surface area contributed by atoms with Crippen LogP contribution < -0.4 is 0 Å². The Balaban J connectivity index is 2.30. The largest absolute Gasteiger partial charge is 0.261 e. The Kier molecular flexibility index (Phi) is 2.58. The summed E-state index contributed by atoms with van der Waals surface area (Å²) >= 11 is 0. The summed E-state index contributed by atoms with van der Waals surface area (Å²) in [4.78, 5) is 4.51. The second-order valence-corrected chi connectivity index (χ2v) is 4.53. The molecule has 1 heterocycles. The Labute approximate surface area is 86.6 Å². The van der Waals surface area contributed by atoms with Crippen molar-refractivity contribution >= 4 is 0 Å². The molecule has 1 aliphatic carbocycles. The average Bonchev–Trinajstić information content (AvgIpc) is 3.01. The molecule has 1 fully saturated rings. The van der Waals surface area contributed by atoms with Crippen LogP contribution in [0.5, 0.6) is 0 Å². The second kappa shape index (κ2) is 3.72. The van der Waals surface area contributed by atoms with Gasteiger partial charge in [-0.1, -0.05) is 19.9 Å². The average molecular weight is 189 g/mol. The summed E-state index contributed by atoms with van der Waals surface area (Å²) in [5, 5.41) is 0. The molecular weight excluding hydrogens is 170 g/mol. The van der Waals surface area contributed by atoms with E-state index in [0.717, 1.165) is 5.92 Å². The molecule has 1 aromatic rings. The molecule has 1 heteroatoms. The van der Waals surface area contributed by atoms with Crippen molar-refractivity contribution in [1.82, 2.24) is 4.98 Å². The minimum absolute atomic E-state index is 0.653. The van der Waals surface area contributed by atoms with E-state index >= 15 is 0 Å². The Morgan fingerprint density at radius 1 is 1.50 bits per heavy atom. The van der Waals surface area contributed by atoms with Crippen LogP contribution in [0.25, 0.3) is 0 Å². The first-order valence-corrected chi connectivity index (χ1v) is 5.68. The van der Waals surface area contributed by atoms with Crippen LogP contribution >= 0.6 is 0 Å². The Hall–Kier alpha value is -0.850. The Bertz CT molecular complexity index is 326. The van der Waals surface area contributed by atoms with Crippen LogP contribution in [0.4, 0.5) is 0 Å². The third-order valence-corrected chi connectivity index (χ3v) is 3.35. The fraction of sp³-hybridized carbons (Fsp3) is 0.615. The zero-order valence-electron chi connectivity index (χ0n) is 9.38. The van der Waals surface area contributed by atoms with E-state index in [0.29, 0.717) is 5.92 Å². The molecule has 14 heavy (non-hydrogen) atoms. The van der Waals surface area contributed by atoms with Gasteiger partial charge in [0.15, 0.2) is 0 Å². The number of pyridine rings is 1. The molecule has 1 nitrogen and oxygen atoms in total. The standard InChI is InChI=1S/C13H19N/c1-4-9(2)12-7-13(11-5-6-11)10(3)14-8-12/h7-9,11H,4-6H2,1-3H3. The van der Waals surface area contributed by atoms with Crippen molar-refractivity contribution in [3.63, 3.8) is 0 Å². The number of aryl methyl sites for hydroxylation is 1. The van der Waals surface area contributed by atoms with Crippen LogP contribution in [-0.4, -0.2) is 4.98 Å². The first kappa shape index (κ1) is 9.70. The molecule has 0 bridgehead atoms. The van der Waals surface area contributed by atoms with E-state index < -0.39 is 0 Å². The quantitative estimate of drug-likeness (QED) is 0.705. The molecule has 2 rings (SSSR count). The number of aromatic nitrogens is 1. The molecule has 0 saturated heterocycles. The van der Waals surface area contributed by atoms with Gasteiger partial charge in [-0.05, 0) is 49.1 Å². The number of hydrogen-bond donors (Lipinski definition) is 0. The zero-order valence-corrected chi connectivity index (χ0v) is 9.38. The first-order chi connectivity index (χ1) is 6.72. The van der Waals surface area contributed by atoms with E-state index in [-0.39, 0.29) is 0 Å². The van der Waals surface area contributed by atoms with Crippen LogP contribution in [0.1, 0.15) is 61.8 Å². The van der Waals surface area contributed by atoms with Gasteiger partial charge in [0.2, 0.25) is 0 Å². The van der Waals surface area contributed by atoms with E-state index in [2.05, 4.69) is 38.0 Å². The zero-order chi connectivity index (χ0) is 10.1. The molecule has 0 aromatic carbocycles. The van der Waals surface area contributed by atoms with Crippen molar-refractivity contribution in [2.75, 3.05) is 0 Å². The van der Waals surface area contributed by atoms with E-state index in [9.17, 15) is 0 Å². The number of rotatable bonds is 3. The first-order valence-electron chi connectivity index (χ1n) is 5.68. The molecule has 0 radical (unpaired) electrons. The minimum Gasteiger partial charge on any atom is -0.261 e. The van der Waals surface area contributed by atoms with E-state index in [4.69, 9.17) is 0 Å². The number of nitrogens with zero attached hydrogens (tertiary/aromatic N) is 1. The molecule has 0 spiro atoms. The monoisotopic (exact) mass is 189 g/mol. The van der Waals surface area contributed by atoms with Gasteiger partial charge < -0.3 is 0 Å². The molecule has 1 atom stereocenters. The van der Waals surface area contributed by atoms with Gasteiger partial charge in [0.25, 0.3) is 0 Å². The number of hydrogen-bond acceptors (Lipinski definition) is 1. The van der Waals surface area contributed by atoms with Gasteiger partial charge in [-0.15, -0.1) is 0 Å². The van der Waals surface area contributed by atoms with Crippen LogP contribution in [0.15, 0.2) is 12.3 Å². The summed E-state index contributed by atoms with van der Waals surface area (Å²) in [5.74, 6) is 1.48. The summed E-state index contributed by atoms with van der Waals surface area (Å²) in [7, 11) is 0. The van der Waals surface area contributed by atoms with Gasteiger partial charge >= 0.3 is 0 Å². The van der Waals surface area contributed by atoms with Crippen molar-refractivity contribution < 1.29 is 0 Å². The molecule has 0 N–H and O–H groups in total. The molecule has 1 saturated carbocycles. The smallest absolute Gasteiger partial charge is 0.0407 e. The van der Waals surface area contributed by atoms with E-state index in [1.54, 1.807) is 0 Å². The highest BCUT2D eigenvalue weighted by Gasteiger charge is 2.26. The van der Waals surface area contributed by atoms with Crippen molar-refractivity contribution in [3.05, 3.63) is 29.1 Å². The van der Waals surface area contributed by atoms with Gasteiger partial charge in [0, 0.05) is 11.9 Å². The van der Waals surface area contributed by atoms with Crippen LogP contribution in [0.2, 0.25) is 0 Å². The summed E-state index contributed by atoms with van der Waals surface area (Å²) in [6.07, 6.45) is 5.99. The fourth-order valence-corrected chi connectivity index (χ4v) is 1.88. The topological polar surface area (TPSA) is 12.9 Å². The van der Waals surface area contributed by atoms with Gasteiger partial charge in [-0.25, -0.2) is 0 Å². The van der Waals surface area contributed by atoms with Gasteiger partial charge in [-0.2, -0.15) is 0 Å². The van der Waals surface area contributed by atoms with E-state index in [1.807, 2.05) is 0 Å². The predicted octanol–water partition coefficient (Wildman–Crippen LogP) is 3.78. The maximum Gasteiger partial charge on any atom is 0.0407 e. The molecular formula is C13H19N. The lowest BCUT2D eigenvalue weighted by Crippen LogP contribution is -1.97. The molecule has 0 amide bonds. The third kappa shape index (κ3) is 1.82. The third-order valence-electron chi connectivity index (χ3n) is 3.35.